The van der Waals surface area contributed by atoms with Crippen LogP contribution in [0.1, 0.15) is 71.6 Å². The van der Waals surface area contributed by atoms with Crippen molar-refractivity contribution < 1.29 is 9.53 Å². The van der Waals surface area contributed by atoms with Gasteiger partial charge in [-0.25, -0.2) is 0 Å². The maximum atomic E-state index is 12.6. The average Bonchev–Trinajstić information content (AvgIpc) is 2.75. The molecule has 1 unspecified atom stereocenters. The molecule has 4 saturated carbocycles. The third-order valence-corrected chi connectivity index (χ3v) is 8.71. The molecule has 4 aliphatic carbocycles. The molecule has 0 aromatic rings. The molecular formula is C21H32O2. The predicted octanol–water partition coefficient (Wildman–Crippen LogP) is 5.13. The molecule has 23 heavy (non-hydrogen) atoms. The van der Waals surface area contributed by atoms with E-state index in [1.807, 2.05) is 0 Å². The summed E-state index contributed by atoms with van der Waals surface area (Å²) in [5.41, 5.74) is 2.09. The van der Waals surface area contributed by atoms with Crippen LogP contribution in [0, 0.1) is 34.0 Å². The van der Waals surface area contributed by atoms with Crippen molar-refractivity contribution >= 4 is 5.97 Å². The molecule has 4 rings (SSSR count). The second-order valence-electron chi connectivity index (χ2n) is 9.59. The molecule has 0 aromatic heterocycles. The summed E-state index contributed by atoms with van der Waals surface area (Å²) in [7, 11) is 1.57. The highest BCUT2D eigenvalue weighted by Crippen LogP contribution is 2.72. The average molecular weight is 316 g/mol. The Morgan fingerprint density at radius 3 is 2.65 bits per heavy atom. The summed E-state index contributed by atoms with van der Waals surface area (Å²) in [5.74, 6) is 2.11. The van der Waals surface area contributed by atoms with E-state index >= 15 is 0 Å². The standard InChI is InChI=1S/C21H32O2/c1-14-12-21-11-8-16-19(2,17(21)7-6-15(14)13-21)9-5-10-20(16,3)18(22)23-4/h15-17H,1,5-13H2,2-4H3/t15-,16-,17-,19+,20?,21+/m1/s1. The molecular weight excluding hydrogens is 284 g/mol. The van der Waals surface area contributed by atoms with Gasteiger partial charge in [0.2, 0.25) is 0 Å². The van der Waals surface area contributed by atoms with Crippen LogP contribution in [0.5, 0.6) is 0 Å². The highest BCUT2D eigenvalue weighted by Gasteiger charge is 2.65. The first kappa shape index (κ1) is 15.7. The summed E-state index contributed by atoms with van der Waals surface area (Å²) in [4.78, 5) is 12.6. The van der Waals surface area contributed by atoms with Crippen molar-refractivity contribution in [3.05, 3.63) is 12.2 Å². The summed E-state index contributed by atoms with van der Waals surface area (Å²) in [6.07, 6.45) is 11.3. The Balaban J connectivity index is 1.73. The van der Waals surface area contributed by atoms with Gasteiger partial charge < -0.3 is 4.74 Å². The first-order valence-corrected chi connectivity index (χ1v) is 9.62. The fourth-order valence-electron chi connectivity index (χ4n) is 7.83. The molecule has 0 amide bonds. The van der Waals surface area contributed by atoms with Gasteiger partial charge in [-0.05, 0) is 86.9 Å². The van der Waals surface area contributed by atoms with Crippen molar-refractivity contribution in [2.75, 3.05) is 7.11 Å². The Morgan fingerprint density at radius 1 is 1.13 bits per heavy atom. The molecule has 128 valence electrons. The van der Waals surface area contributed by atoms with Crippen LogP contribution in [0.25, 0.3) is 0 Å². The minimum absolute atomic E-state index is 0.0360. The number of rotatable bonds is 1. The van der Waals surface area contributed by atoms with Crippen molar-refractivity contribution in [1.82, 2.24) is 0 Å². The van der Waals surface area contributed by atoms with Gasteiger partial charge in [0.15, 0.2) is 0 Å². The van der Waals surface area contributed by atoms with E-state index in [0.717, 1.165) is 18.3 Å². The van der Waals surface area contributed by atoms with Gasteiger partial charge in [0.05, 0.1) is 12.5 Å². The first-order chi connectivity index (χ1) is 10.9. The predicted molar refractivity (Wildman–Crippen MR) is 91.8 cm³/mol. The Kier molecular flexibility index (Phi) is 3.32. The lowest BCUT2D eigenvalue weighted by Gasteiger charge is -2.63. The van der Waals surface area contributed by atoms with E-state index in [-0.39, 0.29) is 11.4 Å². The minimum Gasteiger partial charge on any atom is -0.469 e. The third-order valence-electron chi connectivity index (χ3n) is 8.71. The number of fused-ring (bicyclic) bond motifs is 3. The fraction of sp³-hybridized carbons (Fsp3) is 0.857. The van der Waals surface area contributed by atoms with E-state index in [4.69, 9.17) is 4.74 Å². The summed E-state index contributed by atoms with van der Waals surface area (Å²) < 4.78 is 5.25. The number of allylic oxidation sites excluding steroid dienone is 1. The second-order valence-corrected chi connectivity index (χ2v) is 9.59. The van der Waals surface area contributed by atoms with Gasteiger partial charge in [-0.1, -0.05) is 25.5 Å². The van der Waals surface area contributed by atoms with E-state index in [1.165, 1.54) is 56.9 Å². The van der Waals surface area contributed by atoms with Gasteiger partial charge in [-0.2, -0.15) is 0 Å². The van der Waals surface area contributed by atoms with Crippen LogP contribution in [0.2, 0.25) is 0 Å². The zero-order valence-electron chi connectivity index (χ0n) is 15.1. The highest BCUT2D eigenvalue weighted by molar-refractivity contribution is 5.77. The number of hydrogen-bond donors (Lipinski definition) is 0. The molecule has 0 heterocycles. The van der Waals surface area contributed by atoms with Crippen molar-refractivity contribution in [2.24, 2.45) is 34.0 Å². The van der Waals surface area contributed by atoms with Crippen molar-refractivity contribution in [3.8, 4) is 0 Å². The molecule has 0 radical (unpaired) electrons. The second kappa shape index (κ2) is 4.86. The number of methoxy groups -OCH3 is 1. The molecule has 6 atom stereocenters. The zero-order chi connectivity index (χ0) is 16.5. The quantitative estimate of drug-likeness (QED) is 0.495. The number of carbonyl (C=O) groups excluding carboxylic acids is 1. The van der Waals surface area contributed by atoms with Gasteiger partial charge in [0.1, 0.15) is 0 Å². The Hall–Kier alpha value is -0.790. The monoisotopic (exact) mass is 316 g/mol. The molecule has 2 nitrogen and oxygen atoms in total. The van der Waals surface area contributed by atoms with Crippen LogP contribution in [-0.2, 0) is 9.53 Å². The van der Waals surface area contributed by atoms with Crippen molar-refractivity contribution in [1.29, 1.82) is 0 Å². The molecule has 0 aliphatic heterocycles. The SMILES string of the molecule is C=C1C[C@]23CC[C@H]4C(C)(C(=O)OC)CCC[C@]4(C)[C@H]2CC[C@@H]1C3. The van der Waals surface area contributed by atoms with Crippen molar-refractivity contribution in [3.63, 3.8) is 0 Å². The van der Waals surface area contributed by atoms with Crippen LogP contribution >= 0.6 is 0 Å². The van der Waals surface area contributed by atoms with Crippen LogP contribution < -0.4 is 0 Å². The van der Waals surface area contributed by atoms with Crippen LogP contribution in [-0.4, -0.2) is 13.1 Å². The minimum atomic E-state index is -0.268. The lowest BCUT2D eigenvalue weighted by atomic mass is 9.41. The van der Waals surface area contributed by atoms with Gasteiger partial charge in [0.25, 0.3) is 0 Å². The van der Waals surface area contributed by atoms with E-state index in [2.05, 4.69) is 20.4 Å². The van der Waals surface area contributed by atoms with Gasteiger partial charge in [0, 0.05) is 0 Å². The molecule has 0 saturated heterocycles. The molecule has 2 bridgehead atoms. The molecule has 4 fully saturated rings. The Bertz CT molecular complexity index is 552. The summed E-state index contributed by atoms with van der Waals surface area (Å²) >= 11 is 0. The van der Waals surface area contributed by atoms with Crippen LogP contribution in [0.4, 0.5) is 0 Å². The topological polar surface area (TPSA) is 26.3 Å². The van der Waals surface area contributed by atoms with E-state index in [0.29, 0.717) is 16.7 Å². The van der Waals surface area contributed by atoms with Gasteiger partial charge >= 0.3 is 5.97 Å². The summed E-state index contributed by atoms with van der Waals surface area (Å²) in [6.45, 7) is 9.12. The first-order valence-electron chi connectivity index (χ1n) is 9.62. The van der Waals surface area contributed by atoms with Crippen LogP contribution in [0.15, 0.2) is 12.2 Å². The molecule has 2 heteroatoms. The lowest BCUT2D eigenvalue weighted by Crippen LogP contribution is -2.58. The largest absolute Gasteiger partial charge is 0.469 e. The number of carbonyl (C=O) groups is 1. The molecule has 0 aromatic carbocycles. The highest BCUT2D eigenvalue weighted by atomic mass is 16.5. The fourth-order valence-corrected chi connectivity index (χ4v) is 7.83. The third kappa shape index (κ3) is 1.90. The normalized spacial score (nSPS) is 51.8. The number of ether oxygens (including phenoxy) is 1. The Morgan fingerprint density at radius 2 is 1.91 bits per heavy atom. The van der Waals surface area contributed by atoms with Crippen molar-refractivity contribution in [2.45, 2.75) is 71.6 Å². The van der Waals surface area contributed by atoms with E-state index < -0.39 is 0 Å². The summed E-state index contributed by atoms with van der Waals surface area (Å²) in [5, 5.41) is 0. The summed E-state index contributed by atoms with van der Waals surface area (Å²) in [6, 6.07) is 0. The smallest absolute Gasteiger partial charge is 0.311 e. The lowest BCUT2D eigenvalue weighted by molar-refractivity contribution is -0.183. The van der Waals surface area contributed by atoms with Gasteiger partial charge in [-0.15, -0.1) is 0 Å². The zero-order valence-corrected chi connectivity index (χ0v) is 15.1. The number of hydrogen-bond acceptors (Lipinski definition) is 2. The van der Waals surface area contributed by atoms with Gasteiger partial charge in [-0.3, -0.25) is 4.79 Å². The molecule has 1 spiro atoms. The van der Waals surface area contributed by atoms with E-state index in [9.17, 15) is 4.79 Å². The maximum absolute atomic E-state index is 12.6. The molecule has 0 N–H and O–H groups in total. The molecule has 4 aliphatic rings. The van der Waals surface area contributed by atoms with Crippen LogP contribution in [0.3, 0.4) is 0 Å². The van der Waals surface area contributed by atoms with E-state index in [1.54, 1.807) is 7.11 Å². The maximum Gasteiger partial charge on any atom is 0.311 e. The number of esters is 1. The Labute approximate surface area is 141 Å².